The highest BCUT2D eigenvalue weighted by Crippen LogP contribution is 2.29. The third kappa shape index (κ3) is 5.76. The molecule has 1 amide bonds. The lowest BCUT2D eigenvalue weighted by Crippen LogP contribution is -2.28. The van der Waals surface area contributed by atoms with Gasteiger partial charge in [0.25, 0.3) is 0 Å². The molecule has 0 radical (unpaired) electrons. The zero-order chi connectivity index (χ0) is 23.9. The largest absolute Gasteiger partial charge is 0.494 e. The highest BCUT2D eigenvalue weighted by Gasteiger charge is 2.18. The lowest BCUT2D eigenvalue weighted by molar-refractivity contribution is -0.119. The molecule has 0 aliphatic rings. The molecular formula is C25H24ClN5O2S. The van der Waals surface area contributed by atoms with E-state index in [1.54, 1.807) is 12.4 Å². The summed E-state index contributed by atoms with van der Waals surface area (Å²) in [4.78, 5) is 16.8. The van der Waals surface area contributed by atoms with Crippen molar-refractivity contribution in [2.45, 2.75) is 25.0 Å². The maximum atomic E-state index is 12.7. The van der Waals surface area contributed by atoms with Crippen LogP contribution >= 0.6 is 23.4 Å². The van der Waals surface area contributed by atoms with E-state index in [9.17, 15) is 4.79 Å². The van der Waals surface area contributed by atoms with Crippen LogP contribution in [0.1, 0.15) is 25.5 Å². The molecule has 4 rings (SSSR count). The lowest BCUT2D eigenvalue weighted by atomic mass is 10.1. The first-order chi connectivity index (χ1) is 16.5. The first kappa shape index (κ1) is 23.8. The smallest absolute Gasteiger partial charge is 0.230 e. The van der Waals surface area contributed by atoms with Crippen molar-refractivity contribution in [2.24, 2.45) is 0 Å². The summed E-state index contributed by atoms with van der Waals surface area (Å²) in [6, 6.07) is 18.8. The van der Waals surface area contributed by atoms with Gasteiger partial charge in [0.15, 0.2) is 11.0 Å². The minimum absolute atomic E-state index is 0.0980. The fourth-order valence-electron chi connectivity index (χ4n) is 3.39. The van der Waals surface area contributed by atoms with Crippen molar-refractivity contribution in [3.63, 3.8) is 0 Å². The van der Waals surface area contributed by atoms with Crippen LogP contribution in [-0.2, 0) is 4.79 Å². The number of amides is 1. The van der Waals surface area contributed by atoms with Crippen LogP contribution in [0.15, 0.2) is 78.2 Å². The molecule has 0 fully saturated rings. The van der Waals surface area contributed by atoms with Crippen LogP contribution in [0.5, 0.6) is 5.75 Å². The minimum atomic E-state index is -0.137. The topological polar surface area (TPSA) is 81.9 Å². The van der Waals surface area contributed by atoms with Crippen LogP contribution in [0.2, 0.25) is 5.02 Å². The number of pyridine rings is 1. The molecule has 1 N–H and O–H groups in total. The maximum Gasteiger partial charge on any atom is 0.230 e. The second-order valence-corrected chi connectivity index (χ2v) is 8.81. The molecule has 4 aromatic rings. The summed E-state index contributed by atoms with van der Waals surface area (Å²) >= 11 is 7.29. The van der Waals surface area contributed by atoms with Crippen molar-refractivity contribution >= 4 is 29.3 Å². The van der Waals surface area contributed by atoms with E-state index in [2.05, 4.69) is 20.5 Å². The number of benzene rings is 2. The highest BCUT2D eigenvalue weighted by molar-refractivity contribution is 7.99. The Bertz CT molecular complexity index is 1230. The molecule has 2 aromatic carbocycles. The molecular weight excluding hydrogens is 470 g/mol. The highest BCUT2D eigenvalue weighted by atomic mass is 35.5. The van der Waals surface area contributed by atoms with E-state index in [0.29, 0.717) is 22.6 Å². The van der Waals surface area contributed by atoms with Crippen LogP contribution in [0.25, 0.3) is 17.1 Å². The predicted octanol–water partition coefficient (Wildman–Crippen LogP) is 5.35. The Labute approximate surface area is 207 Å². The van der Waals surface area contributed by atoms with E-state index < -0.39 is 0 Å². The summed E-state index contributed by atoms with van der Waals surface area (Å²) in [6.07, 6.45) is 3.43. The quantitative estimate of drug-likeness (QED) is 0.316. The van der Waals surface area contributed by atoms with Crippen LogP contribution in [0.3, 0.4) is 0 Å². The van der Waals surface area contributed by atoms with Gasteiger partial charge in [-0.1, -0.05) is 35.5 Å². The van der Waals surface area contributed by atoms with Gasteiger partial charge in [0.1, 0.15) is 5.75 Å². The number of thioether (sulfide) groups is 1. The Kier molecular flexibility index (Phi) is 7.82. The molecule has 2 heterocycles. The van der Waals surface area contributed by atoms with Crippen molar-refractivity contribution < 1.29 is 9.53 Å². The van der Waals surface area contributed by atoms with E-state index in [4.69, 9.17) is 16.3 Å². The number of nitrogens with one attached hydrogen (secondary N) is 1. The summed E-state index contributed by atoms with van der Waals surface area (Å²) in [5.41, 5.74) is 2.74. The second kappa shape index (κ2) is 11.2. The number of ether oxygens (including phenoxy) is 1. The van der Waals surface area contributed by atoms with Gasteiger partial charge in [0.2, 0.25) is 5.91 Å². The van der Waals surface area contributed by atoms with Crippen LogP contribution in [0.4, 0.5) is 0 Å². The Morgan fingerprint density at radius 1 is 1.06 bits per heavy atom. The standard InChI is InChI=1S/C25H24ClN5O2S/c1-3-33-22-10-8-21(9-11-22)31-24(19-12-14-27-15-13-19)29-30-25(31)34-16-23(32)28-17(2)18-4-6-20(26)7-5-18/h4-15,17H,3,16H2,1-2H3,(H,28,32). The van der Waals surface area contributed by atoms with E-state index in [1.807, 2.05) is 79.1 Å². The van der Waals surface area contributed by atoms with E-state index >= 15 is 0 Å². The molecule has 1 atom stereocenters. The van der Waals surface area contributed by atoms with Crippen molar-refractivity contribution in [1.29, 1.82) is 0 Å². The molecule has 9 heteroatoms. The normalized spacial score (nSPS) is 11.7. The Balaban J connectivity index is 1.53. The van der Waals surface area contributed by atoms with Gasteiger partial charge in [0, 0.05) is 28.7 Å². The number of hydrogen-bond acceptors (Lipinski definition) is 6. The Hall–Kier alpha value is -3.36. The number of carbonyl (C=O) groups is 1. The number of halogens is 1. The fourth-order valence-corrected chi connectivity index (χ4v) is 4.28. The van der Waals surface area contributed by atoms with Gasteiger partial charge in [-0.3, -0.25) is 14.3 Å². The molecule has 2 aromatic heterocycles. The number of aromatic nitrogens is 4. The van der Waals surface area contributed by atoms with Crippen LogP contribution < -0.4 is 10.1 Å². The van der Waals surface area contributed by atoms with Gasteiger partial charge >= 0.3 is 0 Å². The molecule has 34 heavy (non-hydrogen) atoms. The second-order valence-electron chi connectivity index (χ2n) is 7.43. The molecule has 0 saturated carbocycles. The predicted molar refractivity (Wildman–Crippen MR) is 134 cm³/mol. The molecule has 1 unspecified atom stereocenters. The summed E-state index contributed by atoms with van der Waals surface area (Å²) in [6.45, 7) is 4.48. The molecule has 0 saturated heterocycles. The minimum Gasteiger partial charge on any atom is -0.494 e. The molecule has 174 valence electrons. The number of hydrogen-bond donors (Lipinski definition) is 1. The molecule has 0 aliphatic carbocycles. The van der Waals surface area contributed by atoms with Gasteiger partial charge in [-0.05, 0) is 67.9 Å². The summed E-state index contributed by atoms with van der Waals surface area (Å²) < 4.78 is 7.50. The summed E-state index contributed by atoms with van der Waals surface area (Å²) in [7, 11) is 0. The molecule has 0 aliphatic heterocycles. The van der Waals surface area contributed by atoms with Gasteiger partial charge < -0.3 is 10.1 Å². The average Bonchev–Trinajstić information content (AvgIpc) is 3.28. The van der Waals surface area contributed by atoms with Gasteiger partial charge in [-0.25, -0.2) is 0 Å². The summed E-state index contributed by atoms with van der Waals surface area (Å²) in [5, 5.41) is 13.1. The first-order valence-corrected chi connectivity index (χ1v) is 12.2. The van der Waals surface area contributed by atoms with Crippen LogP contribution in [-0.4, -0.2) is 38.0 Å². The Morgan fingerprint density at radius 3 is 2.44 bits per heavy atom. The van der Waals surface area contributed by atoms with Crippen LogP contribution in [0, 0.1) is 0 Å². The zero-order valence-corrected chi connectivity index (χ0v) is 20.4. The van der Waals surface area contributed by atoms with Crippen molar-refractivity contribution in [3.05, 3.63) is 83.6 Å². The fraction of sp³-hybridized carbons (Fsp3) is 0.200. The third-order valence-corrected chi connectivity index (χ3v) is 6.24. The van der Waals surface area contributed by atoms with Gasteiger partial charge in [0.05, 0.1) is 18.4 Å². The molecule has 0 bridgehead atoms. The van der Waals surface area contributed by atoms with E-state index in [0.717, 1.165) is 22.6 Å². The van der Waals surface area contributed by atoms with Crippen molar-refractivity contribution in [3.8, 4) is 22.8 Å². The van der Waals surface area contributed by atoms with Gasteiger partial charge in [-0.15, -0.1) is 10.2 Å². The van der Waals surface area contributed by atoms with E-state index in [-0.39, 0.29) is 17.7 Å². The Morgan fingerprint density at radius 2 is 1.76 bits per heavy atom. The maximum absolute atomic E-state index is 12.7. The monoisotopic (exact) mass is 493 g/mol. The van der Waals surface area contributed by atoms with Crippen molar-refractivity contribution in [1.82, 2.24) is 25.1 Å². The van der Waals surface area contributed by atoms with E-state index in [1.165, 1.54) is 11.8 Å². The SMILES string of the molecule is CCOc1ccc(-n2c(SCC(=O)NC(C)c3ccc(Cl)cc3)nnc2-c2ccncc2)cc1. The zero-order valence-electron chi connectivity index (χ0n) is 18.8. The average molecular weight is 494 g/mol. The number of carbonyl (C=O) groups excluding carboxylic acids is 1. The van der Waals surface area contributed by atoms with Crippen molar-refractivity contribution in [2.75, 3.05) is 12.4 Å². The molecule has 7 nitrogen and oxygen atoms in total. The lowest BCUT2D eigenvalue weighted by Gasteiger charge is -2.15. The summed E-state index contributed by atoms with van der Waals surface area (Å²) in [5.74, 6) is 1.56. The third-order valence-electron chi connectivity index (χ3n) is 5.06. The molecule has 0 spiro atoms. The number of nitrogens with zero attached hydrogens (tertiary/aromatic N) is 4. The first-order valence-electron chi connectivity index (χ1n) is 10.8. The number of rotatable bonds is 9. The van der Waals surface area contributed by atoms with Gasteiger partial charge in [-0.2, -0.15) is 0 Å².